The summed E-state index contributed by atoms with van der Waals surface area (Å²) in [5.41, 5.74) is 2.29. The third-order valence-electron chi connectivity index (χ3n) is 4.64. The maximum atomic E-state index is 12.9. The monoisotopic (exact) mass is 258 g/mol. The number of rotatable bonds is 2. The first-order valence-electron chi connectivity index (χ1n) is 7.37. The van der Waals surface area contributed by atoms with Crippen LogP contribution in [0, 0.1) is 0 Å². The van der Waals surface area contributed by atoms with E-state index in [1.54, 1.807) is 0 Å². The fourth-order valence-corrected chi connectivity index (χ4v) is 3.55. The number of fused-ring (bicyclic) bond motifs is 1. The first kappa shape index (κ1) is 12.5. The number of nitrogens with zero attached hydrogens (tertiary/aromatic N) is 1. The van der Waals surface area contributed by atoms with Gasteiger partial charge in [0.1, 0.15) is 0 Å². The van der Waals surface area contributed by atoms with Gasteiger partial charge in [0.15, 0.2) is 0 Å². The van der Waals surface area contributed by atoms with Gasteiger partial charge in [0.25, 0.3) is 0 Å². The van der Waals surface area contributed by atoms with E-state index in [0.29, 0.717) is 18.0 Å². The lowest BCUT2D eigenvalue weighted by atomic mass is 9.99. The third-order valence-corrected chi connectivity index (χ3v) is 4.64. The van der Waals surface area contributed by atoms with E-state index in [9.17, 15) is 4.79 Å². The maximum Gasteiger partial charge on any atom is 0.232 e. The van der Waals surface area contributed by atoms with E-state index in [1.807, 2.05) is 12.1 Å². The van der Waals surface area contributed by atoms with Gasteiger partial charge in [-0.05, 0) is 37.8 Å². The fraction of sp³-hybridized carbons (Fsp3) is 0.562. The van der Waals surface area contributed by atoms with Crippen LogP contribution < -0.4 is 5.32 Å². The Bertz CT molecular complexity index is 485. The molecule has 0 aromatic heterocycles. The van der Waals surface area contributed by atoms with E-state index < -0.39 is 0 Å². The molecule has 0 radical (unpaired) electrons. The van der Waals surface area contributed by atoms with E-state index in [-0.39, 0.29) is 5.92 Å². The summed E-state index contributed by atoms with van der Waals surface area (Å²) in [6.45, 7) is 5.11. The quantitative estimate of drug-likeness (QED) is 0.884. The molecule has 1 aromatic rings. The van der Waals surface area contributed by atoms with Crippen molar-refractivity contribution in [1.29, 1.82) is 0 Å². The minimum Gasteiger partial charge on any atom is -0.384 e. The van der Waals surface area contributed by atoms with Gasteiger partial charge >= 0.3 is 0 Å². The molecule has 1 N–H and O–H groups in total. The predicted molar refractivity (Wildman–Crippen MR) is 77.3 cm³/mol. The van der Waals surface area contributed by atoms with Crippen LogP contribution in [0.3, 0.4) is 0 Å². The van der Waals surface area contributed by atoms with Gasteiger partial charge in [0, 0.05) is 24.3 Å². The lowest BCUT2D eigenvalue weighted by molar-refractivity contribution is -0.135. The molecular weight excluding hydrogens is 236 g/mol. The number of carbonyl (C=O) groups is 1. The first-order valence-corrected chi connectivity index (χ1v) is 7.37. The zero-order valence-electron chi connectivity index (χ0n) is 11.7. The molecule has 1 fully saturated rings. The highest BCUT2D eigenvalue weighted by Crippen LogP contribution is 2.36. The van der Waals surface area contributed by atoms with Crippen LogP contribution in [0.2, 0.25) is 0 Å². The minimum absolute atomic E-state index is 0.00537. The summed E-state index contributed by atoms with van der Waals surface area (Å²) in [7, 11) is 0. The summed E-state index contributed by atoms with van der Waals surface area (Å²) in [4.78, 5) is 15.0. The molecule has 1 aromatic carbocycles. The van der Waals surface area contributed by atoms with Gasteiger partial charge in [0.05, 0.1) is 5.92 Å². The average molecular weight is 258 g/mol. The van der Waals surface area contributed by atoms with Crippen molar-refractivity contribution in [1.82, 2.24) is 4.90 Å². The van der Waals surface area contributed by atoms with Crippen molar-refractivity contribution in [3.63, 3.8) is 0 Å². The lowest BCUT2D eigenvalue weighted by Crippen LogP contribution is -2.43. The summed E-state index contributed by atoms with van der Waals surface area (Å²) >= 11 is 0. The molecule has 0 saturated carbocycles. The van der Waals surface area contributed by atoms with Crippen molar-refractivity contribution in [2.24, 2.45) is 0 Å². The van der Waals surface area contributed by atoms with Crippen LogP contribution in [0.25, 0.3) is 0 Å². The normalized spacial score (nSPS) is 29.2. The number of para-hydroxylation sites is 1. The Morgan fingerprint density at radius 2 is 2.16 bits per heavy atom. The number of carbonyl (C=O) groups excluding carboxylic acids is 1. The van der Waals surface area contributed by atoms with E-state index in [0.717, 1.165) is 31.5 Å². The van der Waals surface area contributed by atoms with E-state index in [4.69, 9.17) is 0 Å². The first-order chi connectivity index (χ1) is 9.22. The number of amides is 1. The molecule has 2 heterocycles. The molecule has 1 amide bonds. The van der Waals surface area contributed by atoms with Crippen molar-refractivity contribution in [2.45, 2.75) is 51.1 Å². The largest absolute Gasteiger partial charge is 0.384 e. The Hall–Kier alpha value is -1.51. The highest BCUT2D eigenvalue weighted by Gasteiger charge is 2.39. The molecule has 0 spiro atoms. The molecule has 19 heavy (non-hydrogen) atoms. The molecule has 3 nitrogen and oxygen atoms in total. The van der Waals surface area contributed by atoms with Crippen molar-refractivity contribution >= 4 is 11.6 Å². The molecular formula is C16H22N2O. The van der Waals surface area contributed by atoms with Crippen LogP contribution >= 0.6 is 0 Å². The average Bonchev–Trinajstić information content (AvgIpc) is 3.01. The van der Waals surface area contributed by atoms with E-state index in [1.165, 1.54) is 5.56 Å². The smallest absolute Gasteiger partial charge is 0.232 e. The predicted octanol–water partition coefficient (Wildman–Crippen LogP) is 2.99. The maximum absolute atomic E-state index is 12.9. The zero-order valence-corrected chi connectivity index (χ0v) is 11.7. The summed E-state index contributed by atoms with van der Waals surface area (Å²) in [5, 5.41) is 3.35. The third kappa shape index (κ3) is 2.01. The summed E-state index contributed by atoms with van der Waals surface area (Å²) in [6.07, 6.45) is 3.37. The number of nitrogens with one attached hydrogen (secondary N) is 1. The molecule has 3 rings (SSSR count). The summed E-state index contributed by atoms with van der Waals surface area (Å²) < 4.78 is 0. The summed E-state index contributed by atoms with van der Waals surface area (Å²) in [6, 6.07) is 9.02. The van der Waals surface area contributed by atoms with Crippen molar-refractivity contribution in [3.8, 4) is 0 Å². The van der Waals surface area contributed by atoms with Crippen molar-refractivity contribution in [2.75, 3.05) is 11.9 Å². The van der Waals surface area contributed by atoms with Gasteiger partial charge in [-0.25, -0.2) is 0 Å². The topological polar surface area (TPSA) is 32.3 Å². The molecule has 2 aliphatic heterocycles. The van der Waals surface area contributed by atoms with Crippen molar-refractivity contribution < 1.29 is 4.79 Å². The standard InChI is InChI=1S/C16H22N2O/c1-3-12-9-8-11(2)18(12)16(19)14-10-17-15-7-5-4-6-13(14)15/h4-7,11-12,14,17H,3,8-10H2,1-2H3. The molecule has 3 atom stereocenters. The number of likely N-dealkylation sites (tertiary alicyclic amines) is 1. The van der Waals surface area contributed by atoms with E-state index >= 15 is 0 Å². The van der Waals surface area contributed by atoms with Gasteiger partial charge in [0.2, 0.25) is 5.91 Å². The number of anilines is 1. The summed E-state index contributed by atoms with van der Waals surface area (Å²) in [5.74, 6) is 0.320. The highest BCUT2D eigenvalue weighted by atomic mass is 16.2. The molecule has 0 bridgehead atoms. The van der Waals surface area contributed by atoms with Crippen LogP contribution in [0.5, 0.6) is 0 Å². The molecule has 2 aliphatic rings. The van der Waals surface area contributed by atoms with Gasteiger partial charge in [-0.3, -0.25) is 4.79 Å². The van der Waals surface area contributed by atoms with Crippen LogP contribution in [0.1, 0.15) is 44.6 Å². The fourth-order valence-electron chi connectivity index (χ4n) is 3.55. The van der Waals surface area contributed by atoms with Crippen LogP contribution in [-0.2, 0) is 4.79 Å². The second-order valence-electron chi connectivity index (χ2n) is 5.75. The van der Waals surface area contributed by atoms with E-state index in [2.05, 4.69) is 36.2 Å². The Balaban J connectivity index is 1.85. The van der Waals surface area contributed by atoms with Gasteiger partial charge in [-0.15, -0.1) is 0 Å². The van der Waals surface area contributed by atoms with Crippen LogP contribution in [-0.4, -0.2) is 29.4 Å². The Labute approximate surface area is 115 Å². The minimum atomic E-state index is 0.00537. The van der Waals surface area contributed by atoms with Crippen LogP contribution in [0.4, 0.5) is 5.69 Å². The van der Waals surface area contributed by atoms with Gasteiger partial charge < -0.3 is 10.2 Å². The number of hydrogen-bond donors (Lipinski definition) is 1. The van der Waals surface area contributed by atoms with Gasteiger partial charge in [-0.2, -0.15) is 0 Å². The van der Waals surface area contributed by atoms with Crippen molar-refractivity contribution in [3.05, 3.63) is 29.8 Å². The molecule has 102 valence electrons. The number of benzene rings is 1. The Morgan fingerprint density at radius 3 is 2.95 bits per heavy atom. The molecule has 3 unspecified atom stereocenters. The lowest BCUT2D eigenvalue weighted by Gasteiger charge is -2.30. The highest BCUT2D eigenvalue weighted by molar-refractivity contribution is 5.88. The Kier molecular flexibility index (Phi) is 3.21. The second kappa shape index (κ2) is 4.87. The number of hydrogen-bond acceptors (Lipinski definition) is 2. The Morgan fingerprint density at radius 1 is 1.37 bits per heavy atom. The zero-order chi connectivity index (χ0) is 13.4. The van der Waals surface area contributed by atoms with Gasteiger partial charge in [-0.1, -0.05) is 25.1 Å². The second-order valence-corrected chi connectivity index (χ2v) is 5.75. The SMILES string of the molecule is CCC1CCC(C)N1C(=O)C1CNc2ccccc21. The molecule has 0 aliphatic carbocycles. The van der Waals surface area contributed by atoms with Crippen LogP contribution in [0.15, 0.2) is 24.3 Å². The molecule has 3 heteroatoms. The molecule has 1 saturated heterocycles.